The van der Waals surface area contributed by atoms with Crippen molar-refractivity contribution in [1.82, 2.24) is 0 Å². The second kappa shape index (κ2) is 9.29. The highest BCUT2D eigenvalue weighted by Gasteiger charge is 2.41. The molecular formula is C22H19BrN2O3S. The molecule has 0 bridgehead atoms. The number of hydrogen-bond acceptors (Lipinski definition) is 5. The van der Waals surface area contributed by atoms with Crippen molar-refractivity contribution in [2.75, 3.05) is 11.5 Å². The zero-order valence-electron chi connectivity index (χ0n) is 16.0. The van der Waals surface area contributed by atoms with E-state index >= 15 is 0 Å². The van der Waals surface area contributed by atoms with Gasteiger partial charge in [-0.1, -0.05) is 57.5 Å². The summed E-state index contributed by atoms with van der Waals surface area (Å²) < 4.78 is 6.00. The van der Waals surface area contributed by atoms with Gasteiger partial charge in [-0.15, -0.1) is 0 Å². The number of nitrogens with zero attached hydrogens (tertiary/aromatic N) is 2. The number of carbonyl (C=O) groups is 2. The van der Waals surface area contributed by atoms with E-state index < -0.39 is 11.2 Å². The molecule has 0 aromatic heterocycles. The Kier molecular flexibility index (Phi) is 6.78. The summed E-state index contributed by atoms with van der Waals surface area (Å²) in [6.45, 7) is 3.79. The van der Waals surface area contributed by atoms with Gasteiger partial charge in [0, 0.05) is 10.2 Å². The topological polar surface area (TPSA) is 70.4 Å². The molecule has 7 heteroatoms. The van der Waals surface area contributed by atoms with Gasteiger partial charge in [-0.25, -0.2) is 4.79 Å². The summed E-state index contributed by atoms with van der Waals surface area (Å²) in [6, 6.07) is 17.1. The molecule has 1 unspecified atom stereocenters. The molecule has 1 saturated heterocycles. The van der Waals surface area contributed by atoms with E-state index in [1.807, 2.05) is 61.5 Å². The number of hydrogen-bond donors (Lipinski definition) is 0. The lowest BCUT2D eigenvalue weighted by atomic mass is 10.1. The van der Waals surface area contributed by atoms with Crippen LogP contribution in [0, 0.1) is 18.3 Å². The first-order valence-corrected chi connectivity index (χ1v) is 10.7. The van der Waals surface area contributed by atoms with Gasteiger partial charge in [-0.2, -0.15) is 5.26 Å². The lowest BCUT2D eigenvalue weighted by molar-refractivity contribution is -0.138. The maximum absolute atomic E-state index is 13.3. The Bertz CT molecular complexity index is 994. The molecule has 1 aliphatic heterocycles. The summed E-state index contributed by atoms with van der Waals surface area (Å²) in [5.74, 6) is -0.875. The second-order valence-electron chi connectivity index (χ2n) is 6.46. The third-order valence-electron chi connectivity index (χ3n) is 4.38. The van der Waals surface area contributed by atoms with Crippen LogP contribution in [0.1, 0.15) is 18.1 Å². The number of amides is 1. The Morgan fingerprint density at radius 1 is 1.21 bits per heavy atom. The van der Waals surface area contributed by atoms with Gasteiger partial charge >= 0.3 is 5.97 Å². The van der Waals surface area contributed by atoms with Crippen molar-refractivity contribution in [3.05, 3.63) is 74.7 Å². The van der Waals surface area contributed by atoms with E-state index in [1.54, 1.807) is 6.92 Å². The van der Waals surface area contributed by atoms with Crippen molar-refractivity contribution in [1.29, 1.82) is 5.26 Å². The molecule has 0 spiro atoms. The quantitative estimate of drug-likeness (QED) is 0.358. The average Bonchev–Trinajstić information content (AvgIpc) is 3.01. The molecule has 148 valence electrons. The number of esters is 1. The van der Waals surface area contributed by atoms with Crippen molar-refractivity contribution >= 4 is 45.3 Å². The molecule has 2 aromatic rings. The van der Waals surface area contributed by atoms with Gasteiger partial charge in [0.2, 0.25) is 5.91 Å². The molecule has 1 heterocycles. The van der Waals surface area contributed by atoms with Crippen LogP contribution in [0.3, 0.4) is 0 Å². The van der Waals surface area contributed by atoms with Crippen LogP contribution in [0.15, 0.2) is 63.6 Å². The maximum Gasteiger partial charge on any atom is 0.351 e. The van der Waals surface area contributed by atoms with E-state index in [0.29, 0.717) is 17.1 Å². The zero-order chi connectivity index (χ0) is 21.0. The van der Waals surface area contributed by atoms with Gasteiger partial charge < -0.3 is 4.74 Å². The van der Waals surface area contributed by atoms with Gasteiger partial charge in [0.15, 0.2) is 5.57 Å². The lowest BCUT2D eigenvalue weighted by Gasteiger charge is -2.18. The van der Waals surface area contributed by atoms with Crippen LogP contribution in [0.25, 0.3) is 0 Å². The monoisotopic (exact) mass is 470 g/mol. The van der Waals surface area contributed by atoms with Crippen molar-refractivity contribution < 1.29 is 14.3 Å². The molecule has 1 aliphatic rings. The Hall–Kier alpha value is -2.56. The Morgan fingerprint density at radius 3 is 2.45 bits per heavy atom. The number of halogens is 1. The molecule has 0 aliphatic carbocycles. The van der Waals surface area contributed by atoms with Crippen molar-refractivity contribution in [2.45, 2.75) is 25.5 Å². The molecular weight excluding hydrogens is 452 g/mol. The molecule has 1 amide bonds. The number of rotatable bonds is 5. The minimum absolute atomic E-state index is 0.149. The van der Waals surface area contributed by atoms with Crippen molar-refractivity contribution in [2.24, 2.45) is 0 Å². The van der Waals surface area contributed by atoms with E-state index in [2.05, 4.69) is 15.9 Å². The zero-order valence-corrected chi connectivity index (χ0v) is 18.4. The summed E-state index contributed by atoms with van der Waals surface area (Å²) >= 11 is 4.64. The fourth-order valence-corrected chi connectivity index (χ4v) is 4.50. The number of aryl methyl sites for hydroxylation is 1. The number of nitriles is 1. The normalized spacial score (nSPS) is 17.8. The largest absolute Gasteiger partial charge is 0.462 e. The molecule has 2 aromatic carbocycles. The third kappa shape index (κ3) is 4.72. The highest BCUT2D eigenvalue weighted by molar-refractivity contribution is 9.10. The minimum atomic E-state index is -0.716. The van der Waals surface area contributed by atoms with Gasteiger partial charge in [-0.05, 0) is 50.1 Å². The van der Waals surface area contributed by atoms with Gasteiger partial charge in [-0.3, -0.25) is 9.69 Å². The number of anilines is 1. The average molecular weight is 471 g/mol. The fraction of sp³-hybridized carbons (Fsp3) is 0.227. The fourth-order valence-electron chi connectivity index (χ4n) is 2.94. The van der Waals surface area contributed by atoms with Gasteiger partial charge in [0.05, 0.1) is 11.9 Å². The van der Waals surface area contributed by atoms with Crippen molar-refractivity contribution in [3.63, 3.8) is 0 Å². The molecule has 29 heavy (non-hydrogen) atoms. The molecule has 5 nitrogen and oxygen atoms in total. The molecule has 3 rings (SSSR count). The summed E-state index contributed by atoms with van der Waals surface area (Å²) in [5.41, 5.74) is 2.53. The summed E-state index contributed by atoms with van der Waals surface area (Å²) in [5, 5.41) is 9.50. The van der Waals surface area contributed by atoms with Crippen LogP contribution in [-0.4, -0.2) is 23.7 Å². The van der Waals surface area contributed by atoms with Gasteiger partial charge in [0.25, 0.3) is 0 Å². The second-order valence-corrected chi connectivity index (χ2v) is 8.57. The smallest absolute Gasteiger partial charge is 0.351 e. The molecule has 1 atom stereocenters. The summed E-state index contributed by atoms with van der Waals surface area (Å²) in [7, 11) is 0. The Balaban J connectivity index is 2.02. The predicted molar refractivity (Wildman–Crippen MR) is 117 cm³/mol. The van der Waals surface area contributed by atoms with Crippen LogP contribution in [-0.2, 0) is 20.7 Å². The highest BCUT2D eigenvalue weighted by Crippen LogP contribution is 2.42. The number of thioether (sulfide) groups is 1. The SMILES string of the molecule is CCOC(=O)C(C#N)=C1SC(Cc2ccc(Br)cc2)C(=O)N1c1ccc(C)cc1. The third-order valence-corrected chi connectivity index (χ3v) is 6.18. The van der Waals surface area contributed by atoms with Crippen molar-refractivity contribution in [3.8, 4) is 6.07 Å². The summed E-state index contributed by atoms with van der Waals surface area (Å²) in [6.07, 6.45) is 0.490. The van der Waals surface area contributed by atoms with Gasteiger partial charge in [0.1, 0.15) is 11.1 Å². The minimum Gasteiger partial charge on any atom is -0.462 e. The van der Waals surface area contributed by atoms with Crippen LogP contribution < -0.4 is 4.90 Å². The Morgan fingerprint density at radius 2 is 1.86 bits per heavy atom. The van der Waals surface area contributed by atoms with E-state index in [9.17, 15) is 14.9 Å². The summed E-state index contributed by atoms with van der Waals surface area (Å²) in [4.78, 5) is 27.1. The van der Waals surface area contributed by atoms with E-state index in [-0.39, 0.29) is 18.1 Å². The van der Waals surface area contributed by atoms with E-state index in [4.69, 9.17) is 4.74 Å². The molecule has 1 fully saturated rings. The van der Waals surface area contributed by atoms with E-state index in [1.165, 1.54) is 16.7 Å². The lowest BCUT2D eigenvalue weighted by Crippen LogP contribution is -2.30. The molecule has 0 radical (unpaired) electrons. The van der Waals surface area contributed by atoms with Crippen LogP contribution in [0.2, 0.25) is 0 Å². The van der Waals surface area contributed by atoms with Crippen LogP contribution in [0.4, 0.5) is 5.69 Å². The number of ether oxygens (including phenoxy) is 1. The molecule has 0 N–H and O–H groups in total. The first-order valence-electron chi connectivity index (χ1n) is 9.07. The molecule has 0 saturated carbocycles. The first kappa shape index (κ1) is 21.2. The highest BCUT2D eigenvalue weighted by atomic mass is 79.9. The Labute approximate surface area is 182 Å². The first-order chi connectivity index (χ1) is 13.9. The number of carbonyl (C=O) groups excluding carboxylic acids is 2. The van der Waals surface area contributed by atoms with E-state index in [0.717, 1.165) is 15.6 Å². The van der Waals surface area contributed by atoms with Crippen LogP contribution in [0.5, 0.6) is 0 Å². The standard InChI is InChI=1S/C22H19BrN2O3S/c1-3-28-22(27)18(13-24)21-25(17-10-4-14(2)5-11-17)20(26)19(29-21)12-15-6-8-16(23)9-7-15/h4-11,19H,3,12H2,1-2H3. The maximum atomic E-state index is 13.3. The number of benzene rings is 2. The van der Waals surface area contributed by atoms with Crippen LogP contribution >= 0.6 is 27.7 Å². The predicted octanol–water partition coefficient (Wildman–Crippen LogP) is 4.75.